The van der Waals surface area contributed by atoms with Gasteiger partial charge in [-0.2, -0.15) is 5.10 Å². The molecule has 0 aliphatic heterocycles. The van der Waals surface area contributed by atoms with Crippen LogP contribution in [-0.2, 0) is 0 Å². The highest BCUT2D eigenvalue weighted by molar-refractivity contribution is 6.01. The fourth-order valence-corrected chi connectivity index (χ4v) is 3.03. The number of benzene rings is 1. The number of hydrazone groups is 1. The summed E-state index contributed by atoms with van der Waals surface area (Å²) in [6.07, 6.45) is 6.35. The Bertz CT molecular complexity index is 712. The average Bonchev–Trinajstić information content (AvgIpc) is 2.96. The van der Waals surface area contributed by atoms with Gasteiger partial charge in [-0.05, 0) is 37.5 Å². The van der Waals surface area contributed by atoms with Crippen LogP contribution in [0.3, 0.4) is 0 Å². The number of amides is 2. The fourth-order valence-electron chi connectivity index (χ4n) is 3.03. The van der Waals surface area contributed by atoms with Gasteiger partial charge in [-0.1, -0.05) is 25.3 Å². The number of urea groups is 1. The number of aromatic nitrogens is 2. The number of H-pyrrole nitrogens is 1. The second kappa shape index (κ2) is 6.17. The number of hydrogen-bond acceptors (Lipinski definition) is 3. The second-order valence-corrected chi connectivity index (χ2v) is 5.86. The summed E-state index contributed by atoms with van der Waals surface area (Å²) in [5.41, 5.74) is 10.9. The highest BCUT2D eigenvalue weighted by atomic mass is 16.2. The number of imidazole rings is 1. The Morgan fingerprint density at radius 3 is 2.86 bits per heavy atom. The summed E-state index contributed by atoms with van der Waals surface area (Å²) >= 11 is 0. The lowest BCUT2D eigenvalue weighted by molar-refractivity contribution is 0.249. The van der Waals surface area contributed by atoms with Crippen molar-refractivity contribution in [2.24, 2.45) is 10.8 Å². The molecule has 0 spiro atoms. The average molecular weight is 299 g/mol. The Morgan fingerprint density at radius 1 is 1.36 bits per heavy atom. The summed E-state index contributed by atoms with van der Waals surface area (Å²) in [5.74, 6) is 1.65. The highest BCUT2D eigenvalue weighted by Crippen LogP contribution is 2.32. The van der Waals surface area contributed by atoms with E-state index in [-0.39, 0.29) is 0 Å². The molecule has 3 rings (SSSR count). The monoisotopic (exact) mass is 299 g/mol. The Morgan fingerprint density at radius 2 is 2.14 bits per heavy atom. The Kier molecular flexibility index (Phi) is 4.09. The van der Waals surface area contributed by atoms with Crippen molar-refractivity contribution in [1.29, 1.82) is 0 Å². The molecule has 2 amide bonds. The van der Waals surface area contributed by atoms with Crippen molar-refractivity contribution in [3.63, 3.8) is 0 Å². The van der Waals surface area contributed by atoms with Crippen LogP contribution in [0.25, 0.3) is 11.0 Å². The molecule has 116 valence electrons. The van der Waals surface area contributed by atoms with E-state index in [2.05, 4.69) is 15.5 Å². The lowest BCUT2D eigenvalue weighted by Crippen LogP contribution is -2.25. The molecule has 4 N–H and O–H groups in total. The van der Waals surface area contributed by atoms with Gasteiger partial charge in [0.15, 0.2) is 0 Å². The first-order chi connectivity index (χ1) is 10.6. The van der Waals surface area contributed by atoms with Gasteiger partial charge in [0.25, 0.3) is 0 Å². The molecule has 1 aliphatic rings. The summed E-state index contributed by atoms with van der Waals surface area (Å²) in [4.78, 5) is 18.9. The summed E-state index contributed by atoms with van der Waals surface area (Å²) in [6, 6.07) is 5.28. The van der Waals surface area contributed by atoms with Crippen LogP contribution in [0, 0.1) is 0 Å². The van der Waals surface area contributed by atoms with Crippen molar-refractivity contribution in [2.75, 3.05) is 0 Å². The first-order valence-electron chi connectivity index (χ1n) is 7.73. The first kappa shape index (κ1) is 14.6. The van der Waals surface area contributed by atoms with Gasteiger partial charge in [0, 0.05) is 5.92 Å². The molecule has 1 saturated carbocycles. The van der Waals surface area contributed by atoms with Crippen molar-refractivity contribution in [3.8, 4) is 0 Å². The van der Waals surface area contributed by atoms with Gasteiger partial charge < -0.3 is 10.7 Å². The number of fused-ring (bicyclic) bond motifs is 1. The van der Waals surface area contributed by atoms with Crippen LogP contribution < -0.4 is 11.2 Å². The van der Waals surface area contributed by atoms with Crippen LogP contribution in [0.15, 0.2) is 23.3 Å². The minimum absolute atomic E-state index is 0.552. The molecule has 22 heavy (non-hydrogen) atoms. The number of carbonyl (C=O) groups excluding carboxylic acids is 1. The van der Waals surface area contributed by atoms with E-state index in [4.69, 9.17) is 10.7 Å². The lowest BCUT2D eigenvalue weighted by atomic mass is 9.89. The van der Waals surface area contributed by atoms with Crippen molar-refractivity contribution in [1.82, 2.24) is 15.4 Å². The minimum Gasteiger partial charge on any atom is -0.350 e. The SMILES string of the molecule is C/C(=N\NC(N)=O)c1ccc2nc(C3CCCCC3)[nH]c2c1. The number of primary amides is 1. The van der Waals surface area contributed by atoms with Gasteiger partial charge in [0.05, 0.1) is 16.7 Å². The quantitative estimate of drug-likeness (QED) is 0.600. The van der Waals surface area contributed by atoms with Gasteiger partial charge in [-0.25, -0.2) is 15.2 Å². The molecule has 1 aliphatic carbocycles. The Balaban J connectivity index is 1.86. The molecule has 6 nitrogen and oxygen atoms in total. The van der Waals surface area contributed by atoms with Crippen molar-refractivity contribution >= 4 is 22.8 Å². The Hall–Kier alpha value is -2.37. The zero-order valence-electron chi connectivity index (χ0n) is 12.7. The normalized spacial score (nSPS) is 16.9. The third-order valence-electron chi connectivity index (χ3n) is 4.24. The topological polar surface area (TPSA) is 96.2 Å². The van der Waals surface area contributed by atoms with Gasteiger partial charge in [-0.15, -0.1) is 0 Å². The summed E-state index contributed by atoms with van der Waals surface area (Å²) in [7, 11) is 0. The van der Waals surface area contributed by atoms with E-state index in [1.807, 2.05) is 25.1 Å². The zero-order chi connectivity index (χ0) is 15.5. The van der Waals surface area contributed by atoms with E-state index in [9.17, 15) is 4.79 Å². The molecule has 0 saturated heterocycles. The van der Waals surface area contributed by atoms with Crippen LogP contribution in [0.1, 0.15) is 56.3 Å². The fraction of sp³-hybridized carbons (Fsp3) is 0.438. The van der Waals surface area contributed by atoms with Gasteiger partial charge in [-0.3, -0.25) is 0 Å². The number of rotatable bonds is 3. The van der Waals surface area contributed by atoms with Crippen LogP contribution >= 0.6 is 0 Å². The van der Waals surface area contributed by atoms with Crippen LogP contribution in [0.5, 0.6) is 0 Å². The number of nitrogens with two attached hydrogens (primary N) is 1. The third kappa shape index (κ3) is 3.10. The van der Waals surface area contributed by atoms with Gasteiger partial charge in [0.1, 0.15) is 5.82 Å². The van der Waals surface area contributed by atoms with Crippen LogP contribution in [-0.4, -0.2) is 21.7 Å². The number of aromatic amines is 1. The number of nitrogens with one attached hydrogen (secondary N) is 2. The summed E-state index contributed by atoms with van der Waals surface area (Å²) < 4.78 is 0. The second-order valence-electron chi connectivity index (χ2n) is 5.86. The van der Waals surface area contributed by atoms with E-state index >= 15 is 0 Å². The molecule has 1 heterocycles. The number of hydrogen-bond donors (Lipinski definition) is 3. The first-order valence-corrected chi connectivity index (χ1v) is 7.73. The number of carbonyl (C=O) groups is 1. The van der Waals surface area contributed by atoms with Crippen molar-refractivity contribution in [2.45, 2.75) is 44.9 Å². The number of nitrogens with zero attached hydrogens (tertiary/aromatic N) is 2. The molecule has 0 radical (unpaired) electrons. The predicted octanol–water partition coefficient (Wildman–Crippen LogP) is 3.00. The maximum atomic E-state index is 10.7. The van der Waals surface area contributed by atoms with E-state index < -0.39 is 6.03 Å². The maximum absolute atomic E-state index is 10.7. The van der Waals surface area contributed by atoms with Crippen LogP contribution in [0.4, 0.5) is 4.79 Å². The van der Waals surface area contributed by atoms with Gasteiger partial charge >= 0.3 is 6.03 Å². The smallest absolute Gasteiger partial charge is 0.332 e. The standard InChI is InChI=1S/C16H21N5O/c1-10(20-21-16(17)22)12-7-8-13-14(9-12)19-15(18-13)11-5-3-2-4-6-11/h7-9,11H,2-6H2,1H3,(H,18,19)(H3,17,21,22)/b20-10+. The molecule has 6 heteroatoms. The molecule has 2 aromatic rings. The lowest BCUT2D eigenvalue weighted by Gasteiger charge is -2.18. The Labute approximate surface area is 129 Å². The predicted molar refractivity (Wildman–Crippen MR) is 86.8 cm³/mol. The summed E-state index contributed by atoms with van der Waals surface area (Å²) in [5, 5.41) is 3.96. The third-order valence-corrected chi connectivity index (χ3v) is 4.24. The molecule has 0 atom stereocenters. The van der Waals surface area contributed by atoms with Crippen molar-refractivity contribution in [3.05, 3.63) is 29.6 Å². The molecular formula is C16H21N5O. The molecule has 1 fully saturated rings. The van der Waals surface area contributed by atoms with E-state index in [1.165, 1.54) is 32.1 Å². The molecule has 1 aromatic heterocycles. The van der Waals surface area contributed by atoms with Crippen LogP contribution in [0.2, 0.25) is 0 Å². The highest BCUT2D eigenvalue weighted by Gasteiger charge is 2.18. The molecule has 1 aromatic carbocycles. The van der Waals surface area contributed by atoms with E-state index in [0.717, 1.165) is 22.4 Å². The minimum atomic E-state index is -0.665. The molecule has 0 bridgehead atoms. The van der Waals surface area contributed by atoms with Crippen molar-refractivity contribution < 1.29 is 4.79 Å². The molecule has 0 unspecified atom stereocenters. The van der Waals surface area contributed by atoms with E-state index in [0.29, 0.717) is 11.6 Å². The summed E-state index contributed by atoms with van der Waals surface area (Å²) in [6.45, 7) is 1.83. The maximum Gasteiger partial charge on any atom is 0.332 e. The largest absolute Gasteiger partial charge is 0.350 e. The zero-order valence-corrected chi connectivity index (χ0v) is 12.7. The van der Waals surface area contributed by atoms with E-state index in [1.54, 1.807) is 0 Å². The van der Waals surface area contributed by atoms with Gasteiger partial charge in [0.2, 0.25) is 0 Å². The molecular weight excluding hydrogens is 278 g/mol.